The Hall–Kier alpha value is -1.67. The number of carbonyl (C=O) groups excluding carboxylic acids is 1. The molecule has 17 heavy (non-hydrogen) atoms. The summed E-state index contributed by atoms with van der Waals surface area (Å²) in [5, 5.41) is 2.66. The summed E-state index contributed by atoms with van der Waals surface area (Å²) >= 11 is 1.55. The average molecular weight is 252 g/mol. The highest BCUT2D eigenvalue weighted by molar-refractivity contribution is 7.99. The van der Waals surface area contributed by atoms with Gasteiger partial charge in [-0.15, -0.1) is 18.2 Å². The predicted molar refractivity (Wildman–Crippen MR) is 69.3 cm³/mol. The molecule has 1 aromatic rings. The van der Waals surface area contributed by atoms with Crippen LogP contribution in [0.15, 0.2) is 18.2 Å². The minimum Gasteiger partial charge on any atom is -0.399 e. The minimum atomic E-state index is -0.517. The maximum atomic E-state index is 13.0. The number of terminal acetylenes is 1. The molecule has 90 valence electrons. The summed E-state index contributed by atoms with van der Waals surface area (Å²) in [6, 6.07) is 3.76. The third-order valence-electron chi connectivity index (χ3n) is 1.90. The Labute approximate surface area is 104 Å². The van der Waals surface area contributed by atoms with Gasteiger partial charge in [0, 0.05) is 23.5 Å². The van der Waals surface area contributed by atoms with Gasteiger partial charge >= 0.3 is 0 Å². The van der Waals surface area contributed by atoms with Crippen LogP contribution in [0.25, 0.3) is 0 Å². The molecule has 1 aromatic carbocycles. The summed E-state index contributed by atoms with van der Waals surface area (Å²) in [6.07, 6.45) is 5.08. The molecular formula is C12H13FN2OS. The van der Waals surface area contributed by atoms with Crippen LogP contribution in [0, 0.1) is 18.2 Å². The van der Waals surface area contributed by atoms with Crippen LogP contribution in [0.1, 0.15) is 10.4 Å². The molecule has 3 N–H and O–H groups in total. The second-order valence-electron chi connectivity index (χ2n) is 3.29. The highest BCUT2D eigenvalue weighted by Gasteiger charge is 2.07. The molecule has 0 fully saturated rings. The standard InChI is InChI=1S/C12H13FN2OS/c1-2-4-17-5-3-15-12(16)9-6-10(13)8-11(14)7-9/h1,6-8H,3-5,14H2,(H,15,16). The Morgan fingerprint density at radius 1 is 1.53 bits per heavy atom. The van der Waals surface area contributed by atoms with E-state index in [1.54, 1.807) is 11.8 Å². The number of hydrogen-bond donors (Lipinski definition) is 2. The molecule has 0 aliphatic carbocycles. The number of halogens is 1. The Morgan fingerprint density at radius 2 is 2.29 bits per heavy atom. The van der Waals surface area contributed by atoms with Gasteiger partial charge in [0.25, 0.3) is 5.91 Å². The largest absolute Gasteiger partial charge is 0.399 e. The number of nitrogen functional groups attached to an aromatic ring is 1. The molecule has 1 amide bonds. The van der Waals surface area contributed by atoms with Crippen molar-refractivity contribution >= 4 is 23.4 Å². The number of benzene rings is 1. The molecule has 0 saturated heterocycles. The molecule has 0 aliphatic heterocycles. The van der Waals surface area contributed by atoms with E-state index in [0.717, 1.165) is 11.8 Å². The van der Waals surface area contributed by atoms with Gasteiger partial charge in [0.15, 0.2) is 0 Å². The van der Waals surface area contributed by atoms with Crippen LogP contribution < -0.4 is 11.1 Å². The number of anilines is 1. The van der Waals surface area contributed by atoms with Crippen molar-refractivity contribution in [2.45, 2.75) is 0 Å². The molecule has 0 heterocycles. The summed E-state index contributed by atoms with van der Waals surface area (Å²) in [4.78, 5) is 11.6. The minimum absolute atomic E-state index is 0.226. The van der Waals surface area contributed by atoms with Gasteiger partial charge in [-0.05, 0) is 18.2 Å². The first-order chi connectivity index (χ1) is 8.13. The first-order valence-corrected chi connectivity index (χ1v) is 6.14. The van der Waals surface area contributed by atoms with Gasteiger partial charge in [-0.3, -0.25) is 4.79 Å². The van der Waals surface area contributed by atoms with Crippen LogP contribution in [0.2, 0.25) is 0 Å². The topological polar surface area (TPSA) is 55.1 Å². The first kappa shape index (κ1) is 13.4. The van der Waals surface area contributed by atoms with Gasteiger partial charge in [0.2, 0.25) is 0 Å². The lowest BCUT2D eigenvalue weighted by molar-refractivity contribution is 0.0956. The first-order valence-electron chi connectivity index (χ1n) is 4.99. The van der Waals surface area contributed by atoms with Gasteiger partial charge in [-0.25, -0.2) is 4.39 Å². The summed E-state index contributed by atoms with van der Waals surface area (Å²) < 4.78 is 13.0. The highest BCUT2D eigenvalue weighted by atomic mass is 32.2. The Bertz CT molecular complexity index is 422. The van der Waals surface area contributed by atoms with Crippen LogP contribution in [0.4, 0.5) is 10.1 Å². The summed E-state index contributed by atoms with van der Waals surface area (Å²) in [5.74, 6) is 2.97. The zero-order valence-corrected chi connectivity index (χ0v) is 10.0. The summed E-state index contributed by atoms with van der Waals surface area (Å²) in [7, 11) is 0. The number of thioether (sulfide) groups is 1. The fraction of sp³-hybridized carbons (Fsp3) is 0.250. The maximum Gasteiger partial charge on any atom is 0.251 e. The molecule has 1 rings (SSSR count). The Kier molecular flexibility index (Phi) is 5.37. The number of rotatable bonds is 5. The number of hydrogen-bond acceptors (Lipinski definition) is 3. The van der Waals surface area contributed by atoms with E-state index in [2.05, 4.69) is 11.2 Å². The monoisotopic (exact) mass is 252 g/mol. The molecule has 0 radical (unpaired) electrons. The lowest BCUT2D eigenvalue weighted by atomic mass is 10.2. The SMILES string of the molecule is C#CCSCCNC(=O)c1cc(N)cc(F)c1. The molecule has 0 bridgehead atoms. The molecule has 0 spiro atoms. The van der Waals surface area contributed by atoms with Crippen molar-refractivity contribution in [3.05, 3.63) is 29.6 Å². The highest BCUT2D eigenvalue weighted by Crippen LogP contribution is 2.10. The van der Waals surface area contributed by atoms with Crippen LogP contribution in [-0.2, 0) is 0 Å². The zero-order valence-electron chi connectivity index (χ0n) is 9.20. The van der Waals surface area contributed by atoms with Crippen molar-refractivity contribution in [2.75, 3.05) is 23.8 Å². The molecule has 5 heteroatoms. The molecule has 0 aliphatic rings. The third-order valence-corrected chi connectivity index (χ3v) is 2.76. The van der Waals surface area contributed by atoms with Crippen molar-refractivity contribution in [1.82, 2.24) is 5.32 Å². The second-order valence-corrected chi connectivity index (χ2v) is 4.39. The molecular weight excluding hydrogens is 239 g/mol. The van der Waals surface area contributed by atoms with Crippen molar-refractivity contribution in [3.63, 3.8) is 0 Å². The molecule has 0 saturated carbocycles. The van der Waals surface area contributed by atoms with Crippen LogP contribution in [-0.4, -0.2) is 24.0 Å². The number of nitrogens with two attached hydrogens (primary N) is 1. The van der Waals surface area contributed by atoms with E-state index in [-0.39, 0.29) is 17.2 Å². The Morgan fingerprint density at radius 3 is 2.94 bits per heavy atom. The summed E-state index contributed by atoms with van der Waals surface area (Å²) in [5.41, 5.74) is 5.90. The molecule has 0 unspecified atom stereocenters. The lowest BCUT2D eigenvalue weighted by Gasteiger charge is -2.05. The van der Waals surface area contributed by atoms with Gasteiger partial charge in [-0.2, -0.15) is 0 Å². The average Bonchev–Trinajstić information content (AvgIpc) is 2.27. The summed E-state index contributed by atoms with van der Waals surface area (Å²) in [6.45, 7) is 0.488. The number of nitrogens with one attached hydrogen (secondary N) is 1. The zero-order chi connectivity index (χ0) is 12.7. The van der Waals surface area contributed by atoms with Crippen LogP contribution >= 0.6 is 11.8 Å². The van der Waals surface area contributed by atoms with Gasteiger partial charge in [-0.1, -0.05) is 5.92 Å². The van der Waals surface area contributed by atoms with E-state index >= 15 is 0 Å². The number of carbonyl (C=O) groups is 1. The van der Waals surface area contributed by atoms with E-state index in [1.165, 1.54) is 12.1 Å². The third kappa shape index (κ3) is 4.79. The van der Waals surface area contributed by atoms with Crippen molar-refractivity contribution < 1.29 is 9.18 Å². The lowest BCUT2D eigenvalue weighted by Crippen LogP contribution is -2.26. The molecule has 0 aromatic heterocycles. The smallest absolute Gasteiger partial charge is 0.251 e. The van der Waals surface area contributed by atoms with Crippen LogP contribution in [0.5, 0.6) is 0 Å². The van der Waals surface area contributed by atoms with E-state index in [9.17, 15) is 9.18 Å². The number of amides is 1. The normalized spacial score (nSPS) is 9.65. The fourth-order valence-electron chi connectivity index (χ4n) is 1.21. The van der Waals surface area contributed by atoms with E-state index in [0.29, 0.717) is 12.3 Å². The second kappa shape index (κ2) is 6.81. The molecule has 0 atom stereocenters. The van der Waals surface area contributed by atoms with Crippen molar-refractivity contribution in [2.24, 2.45) is 0 Å². The van der Waals surface area contributed by atoms with Gasteiger partial charge in [0.05, 0.1) is 5.75 Å². The predicted octanol–water partition coefficient (Wildman–Crippen LogP) is 1.50. The molecule has 3 nitrogen and oxygen atoms in total. The van der Waals surface area contributed by atoms with Crippen molar-refractivity contribution in [1.29, 1.82) is 0 Å². The van der Waals surface area contributed by atoms with E-state index in [4.69, 9.17) is 12.2 Å². The van der Waals surface area contributed by atoms with E-state index < -0.39 is 5.82 Å². The van der Waals surface area contributed by atoms with Gasteiger partial charge < -0.3 is 11.1 Å². The van der Waals surface area contributed by atoms with Crippen LogP contribution in [0.3, 0.4) is 0 Å². The quantitative estimate of drug-likeness (QED) is 0.474. The van der Waals surface area contributed by atoms with E-state index in [1.807, 2.05) is 0 Å². The Balaban J connectivity index is 2.44. The fourth-order valence-corrected chi connectivity index (χ4v) is 1.72. The van der Waals surface area contributed by atoms with Crippen molar-refractivity contribution in [3.8, 4) is 12.3 Å². The van der Waals surface area contributed by atoms with Gasteiger partial charge in [0.1, 0.15) is 5.82 Å². The maximum absolute atomic E-state index is 13.0.